The number of hydrogen-bond donors (Lipinski definition) is 2. The van der Waals surface area contributed by atoms with Crippen molar-refractivity contribution in [2.75, 3.05) is 32.7 Å². The molecule has 152 valence electrons. The van der Waals surface area contributed by atoms with E-state index in [0.29, 0.717) is 18.5 Å². The van der Waals surface area contributed by atoms with Crippen molar-refractivity contribution in [2.45, 2.75) is 13.0 Å². The third kappa shape index (κ3) is 6.23. The monoisotopic (exact) mass is 393 g/mol. The standard InChI is InChI=1S/C22H27N5O2/c1-2-4-19-5-3-6-20(22(19)29)15-24-25-21(28)17-27-13-11-26(12-14-27)16-18-7-9-23-10-8-18/h2-3,5-10,15,29H,1,4,11-14,16-17H2,(H,25,28). The normalized spacial score (nSPS) is 15.4. The summed E-state index contributed by atoms with van der Waals surface area (Å²) in [4.78, 5) is 20.7. The summed E-state index contributed by atoms with van der Waals surface area (Å²) in [6, 6.07) is 9.49. The fourth-order valence-electron chi connectivity index (χ4n) is 3.30. The molecular formula is C22H27N5O2. The molecule has 7 heteroatoms. The predicted octanol–water partition coefficient (Wildman–Crippen LogP) is 1.78. The van der Waals surface area contributed by atoms with Crippen molar-refractivity contribution in [3.8, 4) is 5.75 Å². The van der Waals surface area contributed by atoms with Crippen LogP contribution in [0.3, 0.4) is 0 Å². The van der Waals surface area contributed by atoms with Crippen molar-refractivity contribution in [1.82, 2.24) is 20.2 Å². The number of para-hydroxylation sites is 1. The third-order valence-corrected chi connectivity index (χ3v) is 4.90. The summed E-state index contributed by atoms with van der Waals surface area (Å²) in [5.74, 6) is 0.00119. The molecular weight excluding hydrogens is 366 g/mol. The maximum absolute atomic E-state index is 12.2. The second-order valence-corrected chi connectivity index (χ2v) is 7.05. The van der Waals surface area contributed by atoms with Gasteiger partial charge >= 0.3 is 0 Å². The van der Waals surface area contributed by atoms with Gasteiger partial charge in [0, 0.05) is 50.7 Å². The molecule has 2 N–H and O–H groups in total. The minimum atomic E-state index is -0.162. The Hall–Kier alpha value is -3.03. The van der Waals surface area contributed by atoms with Gasteiger partial charge in [0.15, 0.2) is 0 Å². The molecule has 29 heavy (non-hydrogen) atoms. The molecule has 2 aromatic rings. The lowest BCUT2D eigenvalue weighted by Gasteiger charge is -2.34. The highest BCUT2D eigenvalue weighted by atomic mass is 16.3. The van der Waals surface area contributed by atoms with Crippen LogP contribution in [0.4, 0.5) is 0 Å². The van der Waals surface area contributed by atoms with Crippen molar-refractivity contribution >= 4 is 12.1 Å². The Balaban J connectivity index is 1.42. The van der Waals surface area contributed by atoms with Gasteiger partial charge in [-0.05, 0) is 35.7 Å². The van der Waals surface area contributed by atoms with E-state index in [1.807, 2.05) is 36.7 Å². The lowest BCUT2D eigenvalue weighted by molar-refractivity contribution is -0.122. The number of aromatic nitrogens is 1. The average molecular weight is 393 g/mol. The molecule has 0 aliphatic carbocycles. The van der Waals surface area contributed by atoms with Crippen LogP contribution in [0, 0.1) is 0 Å². The zero-order valence-corrected chi connectivity index (χ0v) is 16.5. The summed E-state index contributed by atoms with van der Waals surface area (Å²) in [6.07, 6.45) is 7.39. The molecule has 0 bridgehead atoms. The van der Waals surface area contributed by atoms with Crippen LogP contribution in [0.5, 0.6) is 5.75 Å². The van der Waals surface area contributed by atoms with Gasteiger partial charge in [-0.25, -0.2) is 5.43 Å². The van der Waals surface area contributed by atoms with Gasteiger partial charge in [-0.15, -0.1) is 6.58 Å². The van der Waals surface area contributed by atoms with E-state index >= 15 is 0 Å². The Morgan fingerprint density at radius 2 is 1.90 bits per heavy atom. The molecule has 3 rings (SSSR count). The van der Waals surface area contributed by atoms with Crippen LogP contribution in [-0.4, -0.2) is 64.7 Å². The number of phenolic OH excluding ortho intramolecular Hbond substituents is 1. The van der Waals surface area contributed by atoms with Gasteiger partial charge in [0.25, 0.3) is 5.91 Å². The Morgan fingerprint density at radius 1 is 1.17 bits per heavy atom. The zero-order chi connectivity index (χ0) is 20.5. The quantitative estimate of drug-likeness (QED) is 0.406. The maximum atomic E-state index is 12.2. The Morgan fingerprint density at radius 3 is 2.62 bits per heavy atom. The first kappa shape index (κ1) is 20.7. The topological polar surface area (TPSA) is 81.1 Å². The smallest absolute Gasteiger partial charge is 0.254 e. The lowest BCUT2D eigenvalue weighted by Crippen LogP contribution is -2.48. The summed E-state index contributed by atoms with van der Waals surface area (Å²) < 4.78 is 0. The van der Waals surface area contributed by atoms with E-state index < -0.39 is 0 Å². The summed E-state index contributed by atoms with van der Waals surface area (Å²) in [5, 5.41) is 14.2. The first-order valence-corrected chi connectivity index (χ1v) is 9.73. The number of pyridine rings is 1. The molecule has 1 amide bonds. The highest BCUT2D eigenvalue weighted by Crippen LogP contribution is 2.21. The molecule has 1 aliphatic rings. The number of benzene rings is 1. The SMILES string of the molecule is C=CCc1cccc(C=NNC(=O)CN2CCN(Cc3ccncc3)CC2)c1O. The van der Waals surface area contributed by atoms with Gasteiger partial charge in [0.05, 0.1) is 12.8 Å². The van der Waals surface area contributed by atoms with E-state index in [1.54, 1.807) is 12.1 Å². The number of nitrogens with one attached hydrogen (secondary N) is 1. The van der Waals surface area contributed by atoms with Crippen molar-refractivity contribution < 1.29 is 9.90 Å². The average Bonchev–Trinajstić information content (AvgIpc) is 2.73. The van der Waals surface area contributed by atoms with Gasteiger partial charge in [0.2, 0.25) is 0 Å². The van der Waals surface area contributed by atoms with Crippen LogP contribution in [0.2, 0.25) is 0 Å². The number of carbonyl (C=O) groups is 1. The predicted molar refractivity (Wildman–Crippen MR) is 114 cm³/mol. The van der Waals surface area contributed by atoms with Gasteiger partial charge < -0.3 is 5.11 Å². The third-order valence-electron chi connectivity index (χ3n) is 4.90. The first-order chi connectivity index (χ1) is 14.2. The van der Waals surface area contributed by atoms with Crippen molar-refractivity contribution in [2.24, 2.45) is 5.10 Å². The molecule has 1 aromatic carbocycles. The van der Waals surface area contributed by atoms with E-state index in [9.17, 15) is 9.90 Å². The second kappa shape index (κ2) is 10.5. The van der Waals surface area contributed by atoms with Crippen molar-refractivity contribution in [3.05, 3.63) is 72.1 Å². The van der Waals surface area contributed by atoms with Gasteiger partial charge in [-0.3, -0.25) is 19.6 Å². The highest BCUT2D eigenvalue weighted by Gasteiger charge is 2.18. The molecule has 7 nitrogen and oxygen atoms in total. The largest absolute Gasteiger partial charge is 0.507 e. The number of hydrazone groups is 1. The van der Waals surface area contributed by atoms with E-state index in [4.69, 9.17) is 0 Å². The highest BCUT2D eigenvalue weighted by molar-refractivity contribution is 5.86. The number of piperazine rings is 1. The molecule has 1 saturated heterocycles. The Bertz CT molecular complexity index is 846. The van der Waals surface area contributed by atoms with Gasteiger partial charge in [-0.2, -0.15) is 5.10 Å². The first-order valence-electron chi connectivity index (χ1n) is 9.73. The molecule has 1 aromatic heterocycles. The number of rotatable bonds is 8. The number of amides is 1. The van der Waals surface area contributed by atoms with Gasteiger partial charge in [-0.1, -0.05) is 18.2 Å². The molecule has 0 radical (unpaired) electrons. The fourth-order valence-corrected chi connectivity index (χ4v) is 3.30. The summed E-state index contributed by atoms with van der Waals surface area (Å²) >= 11 is 0. The lowest BCUT2D eigenvalue weighted by atomic mass is 10.1. The van der Waals surface area contributed by atoms with Crippen LogP contribution < -0.4 is 5.43 Å². The van der Waals surface area contributed by atoms with Crippen molar-refractivity contribution in [3.63, 3.8) is 0 Å². The minimum Gasteiger partial charge on any atom is -0.507 e. The van der Waals surface area contributed by atoms with E-state index in [2.05, 4.69) is 31.9 Å². The van der Waals surface area contributed by atoms with Crippen molar-refractivity contribution in [1.29, 1.82) is 0 Å². The molecule has 0 atom stereocenters. The number of carbonyl (C=O) groups excluding carboxylic acids is 1. The molecule has 1 aliphatic heterocycles. The summed E-state index contributed by atoms with van der Waals surface area (Å²) in [5.41, 5.74) is 5.14. The number of hydrogen-bond acceptors (Lipinski definition) is 6. The Labute approximate surface area is 171 Å². The van der Waals surface area contributed by atoms with Crippen LogP contribution in [0.25, 0.3) is 0 Å². The van der Waals surface area contributed by atoms with E-state index in [1.165, 1.54) is 11.8 Å². The maximum Gasteiger partial charge on any atom is 0.254 e. The van der Waals surface area contributed by atoms with Crippen LogP contribution in [-0.2, 0) is 17.8 Å². The number of nitrogens with zero attached hydrogens (tertiary/aromatic N) is 4. The molecule has 0 spiro atoms. The number of allylic oxidation sites excluding steroid dienone is 1. The van der Waals surface area contributed by atoms with Gasteiger partial charge in [0.1, 0.15) is 5.75 Å². The molecule has 0 unspecified atom stereocenters. The summed E-state index contributed by atoms with van der Waals surface area (Å²) in [6.45, 7) is 8.41. The molecule has 0 saturated carbocycles. The second-order valence-electron chi connectivity index (χ2n) is 7.05. The fraction of sp³-hybridized carbons (Fsp3) is 0.318. The summed E-state index contributed by atoms with van der Waals surface area (Å²) in [7, 11) is 0. The van der Waals surface area contributed by atoms with Crippen LogP contribution in [0.1, 0.15) is 16.7 Å². The van der Waals surface area contributed by atoms with E-state index in [-0.39, 0.29) is 11.7 Å². The zero-order valence-electron chi connectivity index (χ0n) is 16.5. The molecule has 1 fully saturated rings. The number of aromatic hydroxyl groups is 1. The van der Waals surface area contributed by atoms with Crippen LogP contribution in [0.15, 0.2) is 60.5 Å². The van der Waals surface area contributed by atoms with E-state index in [0.717, 1.165) is 38.3 Å². The van der Waals surface area contributed by atoms with Crippen LogP contribution >= 0.6 is 0 Å². The number of phenols is 1. The Kier molecular flexibility index (Phi) is 7.49. The molecule has 2 heterocycles. The minimum absolute atomic E-state index is 0.162.